The molecular weight excluding hydrogens is 278 g/mol. The molecule has 8 N–H and O–H groups in total. The highest BCUT2D eigenvalue weighted by Gasteiger charge is 2.09. The number of amidine groups is 1. The molecule has 2 aromatic rings. The van der Waals surface area contributed by atoms with E-state index in [4.69, 9.17) is 22.6 Å². The summed E-state index contributed by atoms with van der Waals surface area (Å²) in [7, 11) is 0. The van der Waals surface area contributed by atoms with Gasteiger partial charge in [-0.15, -0.1) is 0 Å². The Morgan fingerprint density at radius 1 is 1.23 bits per heavy atom. The second kappa shape index (κ2) is 6.30. The van der Waals surface area contributed by atoms with E-state index in [0.29, 0.717) is 28.7 Å². The number of nitrogen functional groups attached to an aromatic ring is 3. The SMILES string of the molecule is CC(C)CNc1cc(-c2ccc(C(=N)N)c(N)c2)nc(N)n1. The molecule has 0 fully saturated rings. The van der Waals surface area contributed by atoms with Gasteiger partial charge in [0, 0.05) is 29.4 Å². The normalized spacial score (nSPS) is 10.7. The zero-order valence-electron chi connectivity index (χ0n) is 12.7. The van der Waals surface area contributed by atoms with E-state index in [9.17, 15) is 0 Å². The molecule has 116 valence electrons. The molecule has 0 radical (unpaired) electrons. The number of aromatic nitrogens is 2. The van der Waals surface area contributed by atoms with Crippen LogP contribution in [0.2, 0.25) is 0 Å². The van der Waals surface area contributed by atoms with Gasteiger partial charge in [0.15, 0.2) is 0 Å². The number of rotatable bonds is 5. The monoisotopic (exact) mass is 299 g/mol. The third kappa shape index (κ3) is 3.63. The maximum Gasteiger partial charge on any atom is 0.222 e. The maximum atomic E-state index is 7.46. The van der Waals surface area contributed by atoms with Crippen LogP contribution in [0.5, 0.6) is 0 Å². The van der Waals surface area contributed by atoms with E-state index >= 15 is 0 Å². The molecule has 7 heteroatoms. The van der Waals surface area contributed by atoms with E-state index in [1.807, 2.05) is 6.07 Å². The van der Waals surface area contributed by atoms with Gasteiger partial charge in [0.1, 0.15) is 11.7 Å². The minimum atomic E-state index is -0.0643. The number of benzene rings is 1. The summed E-state index contributed by atoms with van der Waals surface area (Å²) < 4.78 is 0. The van der Waals surface area contributed by atoms with Gasteiger partial charge in [-0.25, -0.2) is 4.98 Å². The van der Waals surface area contributed by atoms with Crippen LogP contribution in [-0.4, -0.2) is 22.3 Å². The lowest BCUT2D eigenvalue weighted by atomic mass is 10.1. The predicted octanol–water partition coefficient (Wildman–Crippen LogP) is 1.66. The third-order valence-electron chi connectivity index (χ3n) is 3.07. The maximum absolute atomic E-state index is 7.46. The lowest BCUT2D eigenvalue weighted by molar-refractivity contribution is 0.687. The second-order valence-corrected chi connectivity index (χ2v) is 5.49. The number of hydrogen-bond donors (Lipinski definition) is 5. The van der Waals surface area contributed by atoms with Crippen LogP contribution in [0, 0.1) is 11.3 Å². The van der Waals surface area contributed by atoms with Gasteiger partial charge >= 0.3 is 0 Å². The zero-order valence-corrected chi connectivity index (χ0v) is 12.7. The van der Waals surface area contributed by atoms with Crippen LogP contribution in [-0.2, 0) is 0 Å². The molecule has 1 heterocycles. The molecule has 0 saturated carbocycles. The highest BCUT2D eigenvalue weighted by molar-refractivity contribution is 6.00. The molecule has 0 aliphatic rings. The van der Waals surface area contributed by atoms with Gasteiger partial charge in [-0.3, -0.25) is 5.41 Å². The van der Waals surface area contributed by atoms with E-state index in [0.717, 1.165) is 12.1 Å². The van der Waals surface area contributed by atoms with E-state index in [-0.39, 0.29) is 11.8 Å². The molecule has 0 amide bonds. The molecule has 0 spiro atoms. The number of nitrogens with zero attached hydrogens (tertiary/aromatic N) is 2. The van der Waals surface area contributed by atoms with Crippen LogP contribution in [0.4, 0.5) is 17.5 Å². The lowest BCUT2D eigenvalue weighted by Crippen LogP contribution is -2.13. The van der Waals surface area contributed by atoms with Gasteiger partial charge < -0.3 is 22.5 Å². The van der Waals surface area contributed by atoms with E-state index in [2.05, 4.69) is 29.1 Å². The minimum Gasteiger partial charge on any atom is -0.398 e. The van der Waals surface area contributed by atoms with Crippen molar-refractivity contribution in [3.8, 4) is 11.3 Å². The number of anilines is 3. The van der Waals surface area contributed by atoms with Crippen LogP contribution < -0.4 is 22.5 Å². The van der Waals surface area contributed by atoms with E-state index in [1.165, 1.54) is 0 Å². The largest absolute Gasteiger partial charge is 0.398 e. The smallest absolute Gasteiger partial charge is 0.222 e. The van der Waals surface area contributed by atoms with Gasteiger partial charge in [0.05, 0.1) is 5.69 Å². The predicted molar refractivity (Wildman–Crippen MR) is 90.6 cm³/mol. The first-order valence-corrected chi connectivity index (χ1v) is 6.99. The molecule has 2 rings (SSSR count). The van der Waals surface area contributed by atoms with Gasteiger partial charge in [-0.2, -0.15) is 4.98 Å². The van der Waals surface area contributed by atoms with Gasteiger partial charge in [-0.05, 0) is 18.1 Å². The Hall–Kier alpha value is -2.83. The summed E-state index contributed by atoms with van der Waals surface area (Å²) in [5, 5.41) is 10.7. The summed E-state index contributed by atoms with van der Waals surface area (Å²) in [6.07, 6.45) is 0. The Balaban J connectivity index is 2.36. The fraction of sp³-hybridized carbons (Fsp3) is 0.267. The van der Waals surface area contributed by atoms with Crippen molar-refractivity contribution >= 4 is 23.3 Å². The number of hydrogen-bond acceptors (Lipinski definition) is 6. The Morgan fingerprint density at radius 2 is 1.95 bits per heavy atom. The second-order valence-electron chi connectivity index (χ2n) is 5.49. The average Bonchev–Trinajstić information content (AvgIpc) is 2.44. The molecule has 1 aromatic carbocycles. The third-order valence-corrected chi connectivity index (χ3v) is 3.07. The minimum absolute atomic E-state index is 0.0643. The summed E-state index contributed by atoms with van der Waals surface area (Å²) in [5.41, 5.74) is 19.6. The van der Waals surface area contributed by atoms with E-state index < -0.39 is 0 Å². The Labute approximate surface area is 129 Å². The number of nitrogens with one attached hydrogen (secondary N) is 2. The first-order chi connectivity index (χ1) is 10.4. The standard InChI is InChI=1S/C15H21N7/c1-8(2)7-20-13-6-12(21-15(19)22-13)9-3-4-10(14(17)18)11(16)5-9/h3-6,8H,7,16H2,1-2H3,(H3,17,18)(H3,19,20,21,22). The highest BCUT2D eigenvalue weighted by atomic mass is 15.1. The molecule has 0 saturated heterocycles. The van der Waals surface area contributed by atoms with E-state index in [1.54, 1.807) is 18.2 Å². The number of nitrogens with two attached hydrogens (primary N) is 3. The molecule has 0 bridgehead atoms. The van der Waals surface area contributed by atoms with Crippen molar-refractivity contribution in [2.45, 2.75) is 13.8 Å². The molecule has 0 aliphatic heterocycles. The van der Waals surface area contributed by atoms with Crippen LogP contribution in [0.25, 0.3) is 11.3 Å². The fourth-order valence-electron chi connectivity index (χ4n) is 1.98. The van der Waals surface area contributed by atoms with Crippen LogP contribution in [0.3, 0.4) is 0 Å². The summed E-state index contributed by atoms with van der Waals surface area (Å²) >= 11 is 0. The van der Waals surface area contributed by atoms with Gasteiger partial charge in [-0.1, -0.05) is 19.9 Å². The molecule has 0 atom stereocenters. The topological polar surface area (TPSA) is 140 Å². The Morgan fingerprint density at radius 3 is 2.55 bits per heavy atom. The Kier molecular flexibility index (Phi) is 4.45. The molecule has 22 heavy (non-hydrogen) atoms. The Bertz CT molecular complexity index is 694. The van der Waals surface area contributed by atoms with Gasteiger partial charge in [0.25, 0.3) is 0 Å². The van der Waals surface area contributed by atoms with Crippen molar-refractivity contribution in [1.29, 1.82) is 5.41 Å². The molecule has 7 nitrogen and oxygen atoms in total. The fourth-order valence-corrected chi connectivity index (χ4v) is 1.98. The van der Waals surface area contributed by atoms with Gasteiger partial charge in [0.2, 0.25) is 5.95 Å². The highest BCUT2D eigenvalue weighted by Crippen LogP contribution is 2.24. The van der Waals surface area contributed by atoms with Crippen molar-refractivity contribution < 1.29 is 0 Å². The summed E-state index contributed by atoms with van der Waals surface area (Å²) in [5.74, 6) is 1.29. The first kappa shape index (κ1) is 15.6. The zero-order chi connectivity index (χ0) is 16.3. The first-order valence-electron chi connectivity index (χ1n) is 6.99. The summed E-state index contributed by atoms with van der Waals surface area (Å²) in [4.78, 5) is 8.40. The molecule has 1 aromatic heterocycles. The van der Waals surface area contributed by atoms with Crippen molar-refractivity contribution in [2.75, 3.05) is 23.3 Å². The quantitative estimate of drug-likeness (QED) is 0.323. The van der Waals surface area contributed by atoms with Crippen LogP contribution >= 0.6 is 0 Å². The van der Waals surface area contributed by atoms with Crippen molar-refractivity contribution in [3.63, 3.8) is 0 Å². The van der Waals surface area contributed by atoms with Crippen LogP contribution in [0.15, 0.2) is 24.3 Å². The van der Waals surface area contributed by atoms with Crippen molar-refractivity contribution in [2.24, 2.45) is 11.7 Å². The summed E-state index contributed by atoms with van der Waals surface area (Å²) in [6.45, 7) is 5.01. The summed E-state index contributed by atoms with van der Waals surface area (Å²) in [6, 6.07) is 7.05. The molecule has 0 aliphatic carbocycles. The van der Waals surface area contributed by atoms with Crippen molar-refractivity contribution in [1.82, 2.24) is 9.97 Å². The molecular formula is C15H21N7. The average molecular weight is 299 g/mol. The van der Waals surface area contributed by atoms with Crippen molar-refractivity contribution in [3.05, 3.63) is 29.8 Å². The lowest BCUT2D eigenvalue weighted by Gasteiger charge is -2.11. The molecule has 0 unspecified atom stereocenters. The van der Waals surface area contributed by atoms with Crippen LogP contribution in [0.1, 0.15) is 19.4 Å².